The fourth-order valence-corrected chi connectivity index (χ4v) is 3.06. The van der Waals surface area contributed by atoms with E-state index >= 15 is 0 Å². The SMILES string of the molecule is O=C(O[C@H](c1ccccc1)c1ccncc1)c1c(Cl)nc2ccccn12. The van der Waals surface area contributed by atoms with Gasteiger partial charge < -0.3 is 4.74 Å². The van der Waals surface area contributed by atoms with E-state index in [1.165, 1.54) is 0 Å². The van der Waals surface area contributed by atoms with E-state index in [1.54, 1.807) is 35.1 Å². The first-order valence-corrected chi connectivity index (χ1v) is 8.40. The van der Waals surface area contributed by atoms with Crippen molar-refractivity contribution in [2.45, 2.75) is 6.10 Å². The zero-order chi connectivity index (χ0) is 17.9. The molecule has 0 radical (unpaired) electrons. The predicted octanol–water partition coefficient (Wildman–Crippen LogP) is 4.33. The van der Waals surface area contributed by atoms with Gasteiger partial charge in [0.25, 0.3) is 0 Å². The summed E-state index contributed by atoms with van der Waals surface area (Å²) in [5.74, 6) is -0.542. The molecule has 6 heteroatoms. The van der Waals surface area contributed by atoms with Gasteiger partial charge in [0.1, 0.15) is 5.65 Å². The Morgan fingerprint density at radius 2 is 1.65 bits per heavy atom. The molecule has 3 aromatic heterocycles. The second-order valence-electron chi connectivity index (χ2n) is 5.66. The highest BCUT2D eigenvalue weighted by Crippen LogP contribution is 2.28. The molecule has 5 nitrogen and oxygen atoms in total. The molecule has 1 atom stereocenters. The number of carbonyl (C=O) groups is 1. The molecule has 0 amide bonds. The number of esters is 1. The summed E-state index contributed by atoms with van der Waals surface area (Å²) < 4.78 is 7.47. The van der Waals surface area contributed by atoms with Crippen molar-refractivity contribution in [1.82, 2.24) is 14.4 Å². The Bertz CT molecular complexity index is 1010. The summed E-state index contributed by atoms with van der Waals surface area (Å²) in [5, 5.41) is 0.114. The molecule has 0 bridgehead atoms. The first-order chi connectivity index (χ1) is 12.7. The van der Waals surface area contributed by atoms with Gasteiger partial charge >= 0.3 is 5.97 Å². The molecule has 0 aliphatic heterocycles. The standard InChI is InChI=1S/C20H14ClN3O2/c21-19-17(24-13-5-4-8-16(24)23-19)20(25)26-18(14-6-2-1-3-7-14)15-9-11-22-12-10-15/h1-13,18H/t18-/m1/s1. The third-order valence-electron chi connectivity index (χ3n) is 4.02. The maximum absolute atomic E-state index is 12.9. The molecule has 3 heterocycles. The lowest BCUT2D eigenvalue weighted by atomic mass is 10.0. The average Bonchev–Trinajstić information content (AvgIpc) is 3.03. The lowest BCUT2D eigenvalue weighted by molar-refractivity contribution is 0.0370. The van der Waals surface area contributed by atoms with Crippen LogP contribution in [0.5, 0.6) is 0 Å². The van der Waals surface area contributed by atoms with Crippen molar-refractivity contribution in [1.29, 1.82) is 0 Å². The number of aromatic nitrogens is 3. The zero-order valence-electron chi connectivity index (χ0n) is 13.6. The fraction of sp³-hybridized carbons (Fsp3) is 0.0500. The van der Waals surface area contributed by atoms with Crippen molar-refractivity contribution >= 4 is 23.2 Å². The predicted molar refractivity (Wildman–Crippen MR) is 98.1 cm³/mol. The number of rotatable bonds is 4. The molecule has 4 aromatic rings. The maximum Gasteiger partial charge on any atom is 0.359 e. The van der Waals surface area contributed by atoms with Gasteiger partial charge in [-0.1, -0.05) is 48.0 Å². The average molecular weight is 364 g/mol. The Hall–Kier alpha value is -3.18. The first-order valence-electron chi connectivity index (χ1n) is 8.02. The molecular weight excluding hydrogens is 350 g/mol. The summed E-state index contributed by atoms with van der Waals surface area (Å²) in [6, 6.07) is 18.6. The van der Waals surface area contributed by atoms with E-state index in [9.17, 15) is 4.79 Å². The third kappa shape index (κ3) is 3.05. The number of pyridine rings is 2. The van der Waals surface area contributed by atoms with Gasteiger partial charge in [-0.25, -0.2) is 9.78 Å². The summed E-state index contributed by atoms with van der Waals surface area (Å²) in [6.45, 7) is 0. The molecule has 0 aliphatic carbocycles. The smallest absolute Gasteiger partial charge is 0.359 e. The van der Waals surface area contributed by atoms with E-state index in [4.69, 9.17) is 16.3 Å². The molecule has 0 saturated carbocycles. The van der Waals surface area contributed by atoms with Crippen molar-refractivity contribution in [3.05, 3.63) is 101 Å². The minimum absolute atomic E-state index is 0.114. The number of fused-ring (bicyclic) bond motifs is 1. The zero-order valence-corrected chi connectivity index (χ0v) is 14.4. The van der Waals surface area contributed by atoms with E-state index in [1.807, 2.05) is 48.5 Å². The Morgan fingerprint density at radius 1 is 0.962 bits per heavy atom. The maximum atomic E-state index is 12.9. The van der Waals surface area contributed by atoms with Gasteiger partial charge in [0.15, 0.2) is 17.0 Å². The van der Waals surface area contributed by atoms with Gasteiger partial charge in [0.05, 0.1) is 0 Å². The van der Waals surface area contributed by atoms with Crippen molar-refractivity contribution < 1.29 is 9.53 Å². The van der Waals surface area contributed by atoms with Crippen molar-refractivity contribution in [2.75, 3.05) is 0 Å². The molecule has 0 unspecified atom stereocenters. The third-order valence-corrected chi connectivity index (χ3v) is 4.28. The molecule has 0 saturated heterocycles. The minimum atomic E-state index is -0.572. The summed E-state index contributed by atoms with van der Waals surface area (Å²) in [5.41, 5.74) is 2.48. The van der Waals surface area contributed by atoms with Gasteiger partial charge in [-0.15, -0.1) is 0 Å². The summed E-state index contributed by atoms with van der Waals surface area (Å²) >= 11 is 6.20. The molecular formula is C20H14ClN3O2. The van der Waals surface area contributed by atoms with Crippen LogP contribution in [-0.2, 0) is 4.74 Å². The van der Waals surface area contributed by atoms with Crippen LogP contribution in [-0.4, -0.2) is 20.3 Å². The highest BCUT2D eigenvalue weighted by Gasteiger charge is 2.25. The molecule has 0 aliphatic rings. The monoisotopic (exact) mass is 363 g/mol. The van der Waals surface area contributed by atoms with Crippen LogP contribution in [0.25, 0.3) is 5.65 Å². The van der Waals surface area contributed by atoms with Gasteiger partial charge in [-0.3, -0.25) is 9.38 Å². The van der Waals surface area contributed by atoms with E-state index in [-0.39, 0.29) is 10.8 Å². The van der Waals surface area contributed by atoms with E-state index in [0.29, 0.717) is 5.65 Å². The van der Waals surface area contributed by atoms with E-state index < -0.39 is 12.1 Å². The molecule has 0 fully saturated rings. The van der Waals surface area contributed by atoms with Gasteiger partial charge in [-0.05, 0) is 29.8 Å². The van der Waals surface area contributed by atoms with Crippen LogP contribution < -0.4 is 0 Å². The van der Waals surface area contributed by atoms with Crippen LogP contribution >= 0.6 is 11.6 Å². The summed E-state index contributed by atoms with van der Waals surface area (Å²) in [4.78, 5) is 21.1. The Morgan fingerprint density at radius 3 is 2.42 bits per heavy atom. The quantitative estimate of drug-likeness (QED) is 0.506. The molecule has 0 spiro atoms. The van der Waals surface area contributed by atoms with Crippen LogP contribution in [0.2, 0.25) is 5.15 Å². The Kier molecular flexibility index (Phi) is 4.37. The van der Waals surface area contributed by atoms with Crippen LogP contribution in [0.3, 0.4) is 0 Å². The van der Waals surface area contributed by atoms with Crippen molar-refractivity contribution in [3.63, 3.8) is 0 Å². The molecule has 26 heavy (non-hydrogen) atoms. The van der Waals surface area contributed by atoms with Crippen molar-refractivity contribution in [2.24, 2.45) is 0 Å². The number of imidazole rings is 1. The van der Waals surface area contributed by atoms with E-state index in [2.05, 4.69) is 9.97 Å². The highest BCUT2D eigenvalue weighted by molar-refractivity contribution is 6.32. The number of halogens is 1. The number of benzene rings is 1. The molecule has 0 N–H and O–H groups in total. The van der Waals surface area contributed by atoms with Gasteiger partial charge in [-0.2, -0.15) is 0 Å². The lowest BCUT2D eigenvalue weighted by Crippen LogP contribution is -2.15. The number of hydrogen-bond donors (Lipinski definition) is 0. The number of carbonyl (C=O) groups excluding carboxylic acids is 1. The Labute approximate surface area is 154 Å². The normalized spacial score (nSPS) is 12.0. The summed E-state index contributed by atoms with van der Waals surface area (Å²) in [6.07, 6.45) is 4.49. The summed E-state index contributed by atoms with van der Waals surface area (Å²) in [7, 11) is 0. The second-order valence-corrected chi connectivity index (χ2v) is 6.01. The number of hydrogen-bond acceptors (Lipinski definition) is 4. The van der Waals surface area contributed by atoms with Crippen molar-refractivity contribution in [3.8, 4) is 0 Å². The molecule has 4 rings (SSSR count). The molecule has 1 aromatic carbocycles. The Balaban J connectivity index is 1.74. The fourth-order valence-electron chi connectivity index (χ4n) is 2.81. The minimum Gasteiger partial charge on any atom is -0.448 e. The van der Waals surface area contributed by atoms with Gasteiger partial charge in [0, 0.05) is 24.2 Å². The van der Waals surface area contributed by atoms with Crippen LogP contribution in [0.15, 0.2) is 79.3 Å². The van der Waals surface area contributed by atoms with E-state index in [0.717, 1.165) is 11.1 Å². The van der Waals surface area contributed by atoms with Crippen LogP contribution in [0.4, 0.5) is 0 Å². The molecule has 128 valence electrons. The largest absolute Gasteiger partial charge is 0.448 e. The first kappa shape index (κ1) is 16.3. The van der Waals surface area contributed by atoms with Crippen LogP contribution in [0, 0.1) is 0 Å². The highest BCUT2D eigenvalue weighted by atomic mass is 35.5. The van der Waals surface area contributed by atoms with Crippen LogP contribution in [0.1, 0.15) is 27.7 Å². The topological polar surface area (TPSA) is 56.5 Å². The lowest BCUT2D eigenvalue weighted by Gasteiger charge is -2.18. The number of nitrogens with zero attached hydrogens (tertiary/aromatic N) is 3. The second kappa shape index (κ2) is 6.98. The number of ether oxygens (including phenoxy) is 1. The van der Waals surface area contributed by atoms with Gasteiger partial charge in [0.2, 0.25) is 0 Å².